The lowest BCUT2D eigenvalue weighted by Crippen LogP contribution is -2.27. The van der Waals surface area contributed by atoms with Crippen molar-refractivity contribution in [3.63, 3.8) is 0 Å². The Bertz CT molecular complexity index is 146. The Balaban J connectivity index is 3.87. The molecule has 3 nitrogen and oxygen atoms in total. The summed E-state index contributed by atoms with van der Waals surface area (Å²) in [4.78, 5) is 11.2. The molecule has 1 atom stereocenters. The van der Waals surface area contributed by atoms with Crippen LogP contribution in [0.15, 0.2) is 0 Å². The highest BCUT2D eigenvalue weighted by atomic mass is 16.6. The van der Waals surface area contributed by atoms with Gasteiger partial charge >= 0.3 is 5.97 Å². The summed E-state index contributed by atoms with van der Waals surface area (Å²) in [6.45, 7) is 7.27. The molecular formula is C9H18O3. The van der Waals surface area contributed by atoms with Crippen molar-refractivity contribution in [2.45, 2.75) is 39.7 Å². The van der Waals surface area contributed by atoms with Crippen LogP contribution in [0.2, 0.25) is 0 Å². The topological polar surface area (TPSA) is 46.5 Å². The number of ether oxygens (including phenoxy) is 1. The zero-order valence-electron chi connectivity index (χ0n) is 8.26. The Hall–Kier alpha value is -0.570. The number of esters is 1. The number of rotatable bonds is 3. The molecule has 0 heterocycles. The van der Waals surface area contributed by atoms with E-state index in [1.54, 1.807) is 6.92 Å². The molecule has 0 spiro atoms. The van der Waals surface area contributed by atoms with Gasteiger partial charge in [0.05, 0.1) is 5.92 Å². The maximum atomic E-state index is 11.2. The van der Waals surface area contributed by atoms with Crippen LogP contribution in [0.4, 0.5) is 0 Å². The first-order chi connectivity index (χ1) is 5.37. The van der Waals surface area contributed by atoms with Crippen LogP contribution in [0.1, 0.15) is 34.1 Å². The highest BCUT2D eigenvalue weighted by Crippen LogP contribution is 2.12. The summed E-state index contributed by atoms with van der Waals surface area (Å²) in [5.41, 5.74) is -0.430. The molecule has 0 fully saturated rings. The molecule has 0 aliphatic carbocycles. The monoisotopic (exact) mass is 174 g/mol. The Morgan fingerprint density at radius 3 is 2.33 bits per heavy atom. The minimum Gasteiger partial charge on any atom is -0.460 e. The standard InChI is InChI=1S/C9H18O3/c1-7(5-6-10)8(11)12-9(2,3)4/h7,10H,5-6H2,1-4H3/t7-/m1/s1. The van der Waals surface area contributed by atoms with Crippen molar-refractivity contribution in [2.24, 2.45) is 5.92 Å². The van der Waals surface area contributed by atoms with Gasteiger partial charge in [-0.2, -0.15) is 0 Å². The van der Waals surface area contributed by atoms with E-state index >= 15 is 0 Å². The van der Waals surface area contributed by atoms with Gasteiger partial charge in [-0.1, -0.05) is 6.92 Å². The van der Waals surface area contributed by atoms with Gasteiger partial charge in [-0.3, -0.25) is 4.79 Å². The zero-order chi connectivity index (χ0) is 9.78. The summed E-state index contributed by atoms with van der Waals surface area (Å²) in [6, 6.07) is 0. The number of hydrogen-bond donors (Lipinski definition) is 1. The second-order valence-corrected chi connectivity index (χ2v) is 3.95. The number of aliphatic hydroxyl groups is 1. The average Bonchev–Trinajstić information content (AvgIpc) is 1.84. The van der Waals surface area contributed by atoms with Gasteiger partial charge in [0.15, 0.2) is 0 Å². The fourth-order valence-corrected chi connectivity index (χ4v) is 0.714. The third kappa shape index (κ3) is 5.13. The summed E-state index contributed by atoms with van der Waals surface area (Å²) in [6.07, 6.45) is 0.467. The second-order valence-electron chi connectivity index (χ2n) is 3.95. The molecule has 0 aromatic heterocycles. The van der Waals surface area contributed by atoms with Crippen LogP contribution in [-0.2, 0) is 9.53 Å². The number of hydrogen-bond acceptors (Lipinski definition) is 3. The third-order valence-electron chi connectivity index (χ3n) is 1.37. The van der Waals surface area contributed by atoms with E-state index in [1.807, 2.05) is 20.8 Å². The Morgan fingerprint density at radius 2 is 2.00 bits per heavy atom. The van der Waals surface area contributed by atoms with Crippen molar-refractivity contribution >= 4 is 5.97 Å². The van der Waals surface area contributed by atoms with Crippen LogP contribution in [0.5, 0.6) is 0 Å². The van der Waals surface area contributed by atoms with E-state index in [-0.39, 0.29) is 18.5 Å². The molecule has 0 amide bonds. The summed E-state index contributed by atoms with van der Waals surface area (Å²) in [5, 5.41) is 8.58. The van der Waals surface area contributed by atoms with E-state index in [9.17, 15) is 4.79 Å². The van der Waals surface area contributed by atoms with Crippen molar-refractivity contribution < 1.29 is 14.6 Å². The van der Waals surface area contributed by atoms with E-state index in [2.05, 4.69) is 0 Å². The normalized spacial score (nSPS) is 14.1. The first-order valence-electron chi connectivity index (χ1n) is 4.20. The largest absolute Gasteiger partial charge is 0.460 e. The highest BCUT2D eigenvalue weighted by molar-refractivity contribution is 5.72. The van der Waals surface area contributed by atoms with E-state index in [1.165, 1.54) is 0 Å². The van der Waals surface area contributed by atoms with Crippen molar-refractivity contribution in [2.75, 3.05) is 6.61 Å². The highest BCUT2D eigenvalue weighted by Gasteiger charge is 2.20. The smallest absolute Gasteiger partial charge is 0.309 e. The maximum Gasteiger partial charge on any atom is 0.309 e. The Kier molecular flexibility index (Phi) is 4.24. The summed E-state index contributed by atoms with van der Waals surface area (Å²) < 4.78 is 5.10. The molecule has 1 N–H and O–H groups in total. The molecule has 0 aliphatic heterocycles. The van der Waals surface area contributed by atoms with Crippen molar-refractivity contribution in [1.29, 1.82) is 0 Å². The predicted molar refractivity (Wildman–Crippen MR) is 46.7 cm³/mol. The van der Waals surface area contributed by atoms with E-state index in [0.29, 0.717) is 6.42 Å². The van der Waals surface area contributed by atoms with Crippen LogP contribution >= 0.6 is 0 Å². The Labute approximate surface area is 73.7 Å². The summed E-state index contributed by atoms with van der Waals surface area (Å²) in [7, 11) is 0. The van der Waals surface area contributed by atoms with Gasteiger partial charge in [-0.25, -0.2) is 0 Å². The molecule has 0 aromatic rings. The molecule has 3 heteroatoms. The average molecular weight is 174 g/mol. The number of carbonyl (C=O) groups is 1. The SMILES string of the molecule is C[C@H](CCO)C(=O)OC(C)(C)C. The lowest BCUT2D eigenvalue weighted by atomic mass is 10.1. The molecule has 12 heavy (non-hydrogen) atoms. The second kappa shape index (κ2) is 4.45. The molecule has 0 rings (SSSR count). The molecule has 0 aliphatic rings. The van der Waals surface area contributed by atoms with Crippen molar-refractivity contribution in [3.8, 4) is 0 Å². The van der Waals surface area contributed by atoms with Gasteiger partial charge < -0.3 is 9.84 Å². The van der Waals surface area contributed by atoms with Crippen molar-refractivity contribution in [1.82, 2.24) is 0 Å². The van der Waals surface area contributed by atoms with Crippen molar-refractivity contribution in [3.05, 3.63) is 0 Å². The van der Waals surface area contributed by atoms with Crippen LogP contribution in [0.25, 0.3) is 0 Å². The molecular weight excluding hydrogens is 156 g/mol. The third-order valence-corrected chi connectivity index (χ3v) is 1.37. The van der Waals surface area contributed by atoms with Gasteiger partial charge in [-0.15, -0.1) is 0 Å². The van der Waals surface area contributed by atoms with Crippen LogP contribution in [0, 0.1) is 5.92 Å². The number of carbonyl (C=O) groups excluding carboxylic acids is 1. The van der Waals surface area contributed by atoms with Gasteiger partial charge in [0.25, 0.3) is 0 Å². The van der Waals surface area contributed by atoms with Gasteiger partial charge in [0.1, 0.15) is 5.60 Å². The molecule has 0 saturated heterocycles. The number of aliphatic hydroxyl groups excluding tert-OH is 1. The fraction of sp³-hybridized carbons (Fsp3) is 0.889. The molecule has 72 valence electrons. The van der Waals surface area contributed by atoms with E-state index in [0.717, 1.165) is 0 Å². The lowest BCUT2D eigenvalue weighted by molar-refractivity contribution is -0.159. The lowest BCUT2D eigenvalue weighted by Gasteiger charge is -2.21. The van der Waals surface area contributed by atoms with Crippen LogP contribution in [-0.4, -0.2) is 23.3 Å². The minimum absolute atomic E-state index is 0.0282. The van der Waals surface area contributed by atoms with Crippen LogP contribution < -0.4 is 0 Å². The first-order valence-corrected chi connectivity index (χ1v) is 4.20. The summed E-state index contributed by atoms with van der Waals surface area (Å²) >= 11 is 0. The quantitative estimate of drug-likeness (QED) is 0.657. The Morgan fingerprint density at radius 1 is 1.50 bits per heavy atom. The van der Waals surface area contributed by atoms with Gasteiger partial charge in [-0.05, 0) is 27.2 Å². The first kappa shape index (κ1) is 11.4. The summed E-state index contributed by atoms with van der Waals surface area (Å²) in [5.74, 6) is -0.453. The molecule has 0 radical (unpaired) electrons. The molecule has 0 aromatic carbocycles. The predicted octanol–water partition coefficient (Wildman–Crippen LogP) is 1.35. The molecule has 0 unspecified atom stereocenters. The molecule has 0 saturated carbocycles. The maximum absolute atomic E-state index is 11.2. The van der Waals surface area contributed by atoms with E-state index in [4.69, 9.17) is 9.84 Å². The minimum atomic E-state index is -0.430. The van der Waals surface area contributed by atoms with Crippen LogP contribution in [0.3, 0.4) is 0 Å². The van der Waals surface area contributed by atoms with Gasteiger partial charge in [0, 0.05) is 6.61 Å². The van der Waals surface area contributed by atoms with Gasteiger partial charge in [0.2, 0.25) is 0 Å². The fourth-order valence-electron chi connectivity index (χ4n) is 0.714. The zero-order valence-corrected chi connectivity index (χ0v) is 8.26. The van der Waals surface area contributed by atoms with E-state index < -0.39 is 5.60 Å². The molecule has 0 bridgehead atoms.